The van der Waals surface area contributed by atoms with Crippen LogP contribution in [0.5, 0.6) is 0 Å². The number of morpholine rings is 1. The van der Waals surface area contributed by atoms with E-state index in [9.17, 15) is 0 Å². The molecule has 1 aromatic heterocycles. The molecular weight excluding hydrogens is 230 g/mol. The molecular formula is C12H21N5O. The molecule has 2 heterocycles. The highest BCUT2D eigenvalue weighted by molar-refractivity contribution is 5.47. The summed E-state index contributed by atoms with van der Waals surface area (Å²) in [5.41, 5.74) is 0. The largest absolute Gasteiger partial charge is 0.379 e. The molecule has 6 nitrogen and oxygen atoms in total. The van der Waals surface area contributed by atoms with Crippen molar-refractivity contribution in [2.75, 3.05) is 50.6 Å². The SMILES string of the molecule is CN(C)c1cc(NCCC2COCCN2)ncn1. The topological polar surface area (TPSA) is 62.3 Å². The second-order valence-corrected chi connectivity index (χ2v) is 4.60. The van der Waals surface area contributed by atoms with E-state index in [1.807, 2.05) is 25.1 Å². The maximum absolute atomic E-state index is 5.41. The molecule has 0 amide bonds. The second kappa shape index (κ2) is 6.51. The van der Waals surface area contributed by atoms with Crippen LogP contribution in [0.3, 0.4) is 0 Å². The molecule has 1 unspecified atom stereocenters. The second-order valence-electron chi connectivity index (χ2n) is 4.60. The highest BCUT2D eigenvalue weighted by Crippen LogP contribution is 2.11. The molecule has 0 bridgehead atoms. The van der Waals surface area contributed by atoms with Gasteiger partial charge in [0.25, 0.3) is 0 Å². The first-order chi connectivity index (χ1) is 8.75. The standard InChI is InChI=1S/C12H21N5O/c1-17(2)12-7-11(15-9-16-12)14-4-3-10-8-18-6-5-13-10/h7,9-10,13H,3-6,8H2,1-2H3,(H,14,15,16). The fraction of sp³-hybridized carbons (Fsp3) is 0.667. The van der Waals surface area contributed by atoms with Gasteiger partial charge in [-0.3, -0.25) is 0 Å². The molecule has 0 radical (unpaired) electrons. The van der Waals surface area contributed by atoms with Crippen LogP contribution < -0.4 is 15.5 Å². The van der Waals surface area contributed by atoms with Crippen LogP contribution in [0.15, 0.2) is 12.4 Å². The molecule has 1 aromatic rings. The van der Waals surface area contributed by atoms with Gasteiger partial charge in [0.1, 0.15) is 18.0 Å². The third-order valence-corrected chi connectivity index (χ3v) is 2.91. The van der Waals surface area contributed by atoms with Gasteiger partial charge in [0, 0.05) is 39.3 Å². The summed E-state index contributed by atoms with van der Waals surface area (Å²) in [7, 11) is 3.94. The predicted octanol–water partition coefficient (Wildman–Crippen LogP) is 0.333. The first-order valence-corrected chi connectivity index (χ1v) is 6.30. The minimum atomic E-state index is 0.446. The van der Waals surface area contributed by atoms with Crippen LogP contribution in [0.25, 0.3) is 0 Å². The Hall–Kier alpha value is -1.40. The Morgan fingerprint density at radius 2 is 2.39 bits per heavy atom. The van der Waals surface area contributed by atoms with Crippen LogP contribution in [0, 0.1) is 0 Å². The molecule has 100 valence electrons. The van der Waals surface area contributed by atoms with E-state index in [4.69, 9.17) is 4.74 Å². The number of anilines is 2. The maximum Gasteiger partial charge on any atom is 0.133 e. The van der Waals surface area contributed by atoms with Crippen LogP contribution >= 0.6 is 0 Å². The van der Waals surface area contributed by atoms with E-state index in [1.165, 1.54) is 0 Å². The zero-order valence-electron chi connectivity index (χ0n) is 11.0. The van der Waals surface area contributed by atoms with E-state index < -0.39 is 0 Å². The third-order valence-electron chi connectivity index (χ3n) is 2.91. The fourth-order valence-corrected chi connectivity index (χ4v) is 1.87. The number of nitrogens with zero attached hydrogens (tertiary/aromatic N) is 3. The molecule has 0 spiro atoms. The summed E-state index contributed by atoms with van der Waals surface area (Å²) < 4.78 is 5.41. The molecule has 0 aliphatic carbocycles. The summed E-state index contributed by atoms with van der Waals surface area (Å²) in [6, 6.07) is 2.39. The van der Waals surface area contributed by atoms with Crippen LogP contribution in [-0.4, -0.2) is 56.4 Å². The normalized spacial score (nSPS) is 19.6. The molecule has 0 aromatic carbocycles. The molecule has 0 saturated carbocycles. The van der Waals surface area contributed by atoms with Crippen molar-refractivity contribution < 1.29 is 4.74 Å². The average molecular weight is 251 g/mol. The van der Waals surface area contributed by atoms with Gasteiger partial charge in [-0.1, -0.05) is 0 Å². The van der Waals surface area contributed by atoms with Crippen molar-refractivity contribution in [3.8, 4) is 0 Å². The van der Waals surface area contributed by atoms with Crippen LogP contribution in [0.4, 0.5) is 11.6 Å². The Labute approximate surface area is 108 Å². The number of ether oxygens (including phenoxy) is 1. The molecule has 18 heavy (non-hydrogen) atoms. The van der Waals surface area contributed by atoms with E-state index in [0.29, 0.717) is 6.04 Å². The molecule has 2 N–H and O–H groups in total. The number of hydrogen-bond donors (Lipinski definition) is 2. The Morgan fingerprint density at radius 3 is 3.11 bits per heavy atom. The predicted molar refractivity (Wildman–Crippen MR) is 72.1 cm³/mol. The smallest absolute Gasteiger partial charge is 0.133 e. The quantitative estimate of drug-likeness (QED) is 0.786. The van der Waals surface area contributed by atoms with E-state index >= 15 is 0 Å². The van der Waals surface area contributed by atoms with E-state index in [0.717, 1.165) is 44.4 Å². The van der Waals surface area contributed by atoms with Crippen LogP contribution in [-0.2, 0) is 4.74 Å². The van der Waals surface area contributed by atoms with Crippen LogP contribution in [0.2, 0.25) is 0 Å². The molecule has 1 atom stereocenters. The lowest BCUT2D eigenvalue weighted by atomic mass is 10.2. The fourth-order valence-electron chi connectivity index (χ4n) is 1.87. The van der Waals surface area contributed by atoms with Gasteiger partial charge in [-0.25, -0.2) is 9.97 Å². The number of rotatable bonds is 5. The zero-order valence-corrected chi connectivity index (χ0v) is 11.0. The number of aromatic nitrogens is 2. The molecule has 1 saturated heterocycles. The van der Waals surface area contributed by atoms with Gasteiger partial charge in [-0.05, 0) is 6.42 Å². The number of hydrogen-bond acceptors (Lipinski definition) is 6. The van der Waals surface area contributed by atoms with Crippen molar-refractivity contribution in [1.82, 2.24) is 15.3 Å². The van der Waals surface area contributed by atoms with Gasteiger partial charge in [0.2, 0.25) is 0 Å². The Bertz CT molecular complexity index is 365. The zero-order chi connectivity index (χ0) is 12.8. The molecule has 1 aliphatic heterocycles. The van der Waals surface area contributed by atoms with Crippen LogP contribution in [0.1, 0.15) is 6.42 Å². The molecule has 1 fully saturated rings. The van der Waals surface area contributed by atoms with E-state index in [2.05, 4.69) is 20.6 Å². The first kappa shape index (κ1) is 13.0. The summed E-state index contributed by atoms with van der Waals surface area (Å²) in [6.45, 7) is 3.45. The minimum Gasteiger partial charge on any atom is -0.379 e. The first-order valence-electron chi connectivity index (χ1n) is 6.30. The van der Waals surface area contributed by atoms with E-state index in [-0.39, 0.29) is 0 Å². The Kier molecular flexibility index (Phi) is 4.72. The summed E-state index contributed by atoms with van der Waals surface area (Å²) in [5, 5.41) is 6.74. The van der Waals surface area contributed by atoms with Gasteiger partial charge < -0.3 is 20.3 Å². The van der Waals surface area contributed by atoms with Gasteiger partial charge in [0.15, 0.2) is 0 Å². The monoisotopic (exact) mass is 251 g/mol. The summed E-state index contributed by atoms with van der Waals surface area (Å²) in [6.07, 6.45) is 2.61. The van der Waals surface area contributed by atoms with Crippen molar-refractivity contribution >= 4 is 11.6 Å². The number of nitrogens with one attached hydrogen (secondary N) is 2. The maximum atomic E-state index is 5.41. The summed E-state index contributed by atoms with van der Waals surface area (Å²) in [4.78, 5) is 10.3. The van der Waals surface area contributed by atoms with Crippen molar-refractivity contribution in [3.63, 3.8) is 0 Å². The average Bonchev–Trinajstić information content (AvgIpc) is 2.40. The molecule has 2 rings (SSSR count). The lowest BCUT2D eigenvalue weighted by Crippen LogP contribution is -2.42. The van der Waals surface area contributed by atoms with Gasteiger partial charge >= 0.3 is 0 Å². The summed E-state index contributed by atoms with van der Waals surface area (Å²) >= 11 is 0. The van der Waals surface area contributed by atoms with Crippen molar-refractivity contribution in [2.24, 2.45) is 0 Å². The molecule has 1 aliphatic rings. The van der Waals surface area contributed by atoms with Gasteiger partial charge in [-0.15, -0.1) is 0 Å². The molecule has 6 heteroatoms. The van der Waals surface area contributed by atoms with E-state index in [1.54, 1.807) is 6.33 Å². The highest BCUT2D eigenvalue weighted by atomic mass is 16.5. The van der Waals surface area contributed by atoms with Gasteiger partial charge in [0.05, 0.1) is 13.2 Å². The Balaban J connectivity index is 1.77. The van der Waals surface area contributed by atoms with Crippen molar-refractivity contribution in [2.45, 2.75) is 12.5 Å². The lowest BCUT2D eigenvalue weighted by molar-refractivity contribution is 0.0753. The highest BCUT2D eigenvalue weighted by Gasteiger charge is 2.12. The Morgan fingerprint density at radius 1 is 1.50 bits per heavy atom. The minimum absolute atomic E-state index is 0.446. The lowest BCUT2D eigenvalue weighted by Gasteiger charge is -2.23. The van der Waals surface area contributed by atoms with Crippen molar-refractivity contribution in [1.29, 1.82) is 0 Å². The third kappa shape index (κ3) is 3.82. The van der Waals surface area contributed by atoms with Crippen molar-refractivity contribution in [3.05, 3.63) is 12.4 Å². The van der Waals surface area contributed by atoms with Gasteiger partial charge in [-0.2, -0.15) is 0 Å². The summed E-state index contributed by atoms with van der Waals surface area (Å²) in [5.74, 6) is 1.78.